The third-order valence-corrected chi connectivity index (χ3v) is 3.40. The second-order valence-electron chi connectivity index (χ2n) is 4.89. The van der Waals surface area contributed by atoms with Gasteiger partial charge in [-0.3, -0.25) is 4.79 Å². The Kier molecular flexibility index (Phi) is 3.51. The lowest BCUT2D eigenvalue weighted by molar-refractivity contribution is 0.0943. The summed E-state index contributed by atoms with van der Waals surface area (Å²) in [4.78, 5) is 16.5. The summed E-state index contributed by atoms with van der Waals surface area (Å²) in [7, 11) is 0. The number of fused-ring (bicyclic) bond motifs is 1. The minimum absolute atomic E-state index is 0.205. The van der Waals surface area contributed by atoms with E-state index in [2.05, 4.69) is 15.6 Å². The molecule has 0 bridgehead atoms. The molecule has 0 spiro atoms. The number of hydrogen-bond acceptors (Lipinski definition) is 5. The lowest BCUT2D eigenvalue weighted by atomic mass is 10.1. The molecule has 1 amide bonds. The fourth-order valence-electron chi connectivity index (χ4n) is 2.22. The molecule has 0 radical (unpaired) electrons. The topological polar surface area (TPSA) is 76.4 Å². The number of ether oxygens (including phenoxy) is 1. The molecule has 0 atom stereocenters. The summed E-state index contributed by atoms with van der Waals surface area (Å²) in [6, 6.07) is 5.47. The average molecular weight is 287 g/mol. The van der Waals surface area contributed by atoms with Crippen molar-refractivity contribution < 1.29 is 13.9 Å². The van der Waals surface area contributed by atoms with E-state index < -0.39 is 0 Å². The Labute approximate surface area is 122 Å². The molecule has 21 heavy (non-hydrogen) atoms. The number of amides is 1. The fraction of sp³-hybridized carbons (Fsp3) is 0.333. The van der Waals surface area contributed by atoms with Crippen LogP contribution in [0.25, 0.3) is 0 Å². The Morgan fingerprint density at radius 3 is 3.05 bits per heavy atom. The number of aryl methyl sites for hydroxylation is 2. The number of anilines is 1. The van der Waals surface area contributed by atoms with Crippen molar-refractivity contribution in [2.45, 2.75) is 20.4 Å². The van der Waals surface area contributed by atoms with E-state index in [1.165, 1.54) is 0 Å². The molecular weight excluding hydrogens is 270 g/mol. The Morgan fingerprint density at radius 2 is 2.29 bits per heavy atom. The molecular formula is C15H17N3O3. The summed E-state index contributed by atoms with van der Waals surface area (Å²) < 4.78 is 11.0. The number of nitrogens with zero attached hydrogens (tertiary/aromatic N) is 1. The van der Waals surface area contributed by atoms with Crippen LogP contribution in [-0.2, 0) is 6.54 Å². The monoisotopic (exact) mass is 287 g/mol. The highest BCUT2D eigenvalue weighted by molar-refractivity contribution is 5.98. The lowest BCUT2D eigenvalue weighted by Crippen LogP contribution is -2.26. The summed E-state index contributed by atoms with van der Waals surface area (Å²) in [5, 5.41) is 6.01. The minimum Gasteiger partial charge on any atom is -0.489 e. The van der Waals surface area contributed by atoms with Crippen LogP contribution in [0.3, 0.4) is 0 Å². The van der Waals surface area contributed by atoms with Crippen molar-refractivity contribution in [3.63, 3.8) is 0 Å². The van der Waals surface area contributed by atoms with Crippen LogP contribution < -0.4 is 15.4 Å². The summed E-state index contributed by atoms with van der Waals surface area (Å²) in [5.41, 5.74) is 2.19. The van der Waals surface area contributed by atoms with Gasteiger partial charge in [0.25, 0.3) is 5.91 Å². The fourth-order valence-corrected chi connectivity index (χ4v) is 2.22. The molecule has 1 aliphatic heterocycles. The van der Waals surface area contributed by atoms with Crippen LogP contribution in [0.1, 0.15) is 27.7 Å². The van der Waals surface area contributed by atoms with E-state index in [1.54, 1.807) is 6.07 Å². The van der Waals surface area contributed by atoms with Gasteiger partial charge in [0.1, 0.15) is 12.4 Å². The SMILES string of the molecule is Cc1nc(CNC(=O)c2cccc3c2OCCN3)oc1C. The Morgan fingerprint density at radius 1 is 1.43 bits per heavy atom. The summed E-state index contributed by atoms with van der Waals surface area (Å²) in [6.45, 7) is 5.27. The molecule has 2 N–H and O–H groups in total. The standard InChI is InChI=1S/C15H17N3O3/c1-9-10(2)21-13(18-9)8-17-15(19)11-4-3-5-12-14(11)20-7-6-16-12/h3-5,16H,6-8H2,1-2H3,(H,17,19). The van der Waals surface area contributed by atoms with Crippen molar-refractivity contribution in [1.29, 1.82) is 0 Å². The smallest absolute Gasteiger partial charge is 0.255 e. The quantitative estimate of drug-likeness (QED) is 0.903. The van der Waals surface area contributed by atoms with Crippen LogP contribution in [0.5, 0.6) is 5.75 Å². The van der Waals surface area contributed by atoms with Crippen LogP contribution in [0.2, 0.25) is 0 Å². The predicted octanol–water partition coefficient (Wildman–Crippen LogP) is 2.03. The van der Waals surface area contributed by atoms with Gasteiger partial charge in [-0.2, -0.15) is 0 Å². The minimum atomic E-state index is -0.205. The van der Waals surface area contributed by atoms with Crippen LogP contribution in [-0.4, -0.2) is 24.0 Å². The molecule has 0 saturated carbocycles. The first kappa shape index (κ1) is 13.5. The van der Waals surface area contributed by atoms with Crippen molar-refractivity contribution in [2.24, 2.45) is 0 Å². The van der Waals surface area contributed by atoms with Crippen LogP contribution in [0.15, 0.2) is 22.6 Å². The van der Waals surface area contributed by atoms with Crippen molar-refractivity contribution in [3.05, 3.63) is 41.1 Å². The largest absolute Gasteiger partial charge is 0.489 e. The van der Waals surface area contributed by atoms with E-state index >= 15 is 0 Å². The maximum Gasteiger partial charge on any atom is 0.255 e. The highest BCUT2D eigenvalue weighted by Gasteiger charge is 2.19. The first-order valence-electron chi connectivity index (χ1n) is 6.86. The molecule has 6 heteroatoms. The zero-order valence-electron chi connectivity index (χ0n) is 12.0. The Hall–Kier alpha value is -2.50. The molecule has 0 fully saturated rings. The van der Waals surface area contributed by atoms with E-state index in [4.69, 9.17) is 9.15 Å². The second kappa shape index (κ2) is 5.47. The number of para-hydroxylation sites is 1. The Bertz CT molecular complexity index is 659. The van der Waals surface area contributed by atoms with Crippen molar-refractivity contribution in [2.75, 3.05) is 18.5 Å². The number of hydrogen-bond donors (Lipinski definition) is 2. The number of nitrogens with one attached hydrogen (secondary N) is 2. The van der Waals surface area contributed by atoms with Gasteiger partial charge >= 0.3 is 0 Å². The molecule has 1 aliphatic rings. The first-order valence-corrected chi connectivity index (χ1v) is 6.86. The van der Waals surface area contributed by atoms with Gasteiger partial charge in [0, 0.05) is 6.54 Å². The Balaban J connectivity index is 1.74. The van der Waals surface area contributed by atoms with E-state index in [-0.39, 0.29) is 12.5 Å². The van der Waals surface area contributed by atoms with Gasteiger partial charge < -0.3 is 19.8 Å². The van der Waals surface area contributed by atoms with Crippen molar-refractivity contribution in [1.82, 2.24) is 10.3 Å². The zero-order chi connectivity index (χ0) is 14.8. The molecule has 2 aromatic rings. The molecule has 0 saturated heterocycles. The van der Waals surface area contributed by atoms with E-state index in [1.807, 2.05) is 26.0 Å². The summed E-state index contributed by atoms with van der Waals surface area (Å²) in [5.74, 6) is 1.66. The molecule has 2 heterocycles. The van der Waals surface area contributed by atoms with Gasteiger partial charge in [-0.15, -0.1) is 0 Å². The first-order chi connectivity index (χ1) is 10.1. The van der Waals surface area contributed by atoms with Crippen LogP contribution in [0.4, 0.5) is 5.69 Å². The molecule has 1 aromatic carbocycles. The van der Waals surface area contributed by atoms with Crippen molar-refractivity contribution >= 4 is 11.6 Å². The number of benzene rings is 1. The van der Waals surface area contributed by atoms with Gasteiger partial charge in [-0.05, 0) is 26.0 Å². The van der Waals surface area contributed by atoms with Gasteiger partial charge in [-0.25, -0.2) is 4.98 Å². The maximum absolute atomic E-state index is 12.3. The number of carbonyl (C=O) groups excluding carboxylic acids is 1. The van der Waals surface area contributed by atoms with Gasteiger partial charge in [0.2, 0.25) is 5.89 Å². The number of carbonyl (C=O) groups is 1. The van der Waals surface area contributed by atoms with E-state index in [9.17, 15) is 4.79 Å². The van der Waals surface area contributed by atoms with Gasteiger partial charge in [0.15, 0.2) is 5.75 Å². The average Bonchev–Trinajstić information content (AvgIpc) is 2.83. The molecule has 0 unspecified atom stereocenters. The van der Waals surface area contributed by atoms with Gasteiger partial charge in [-0.1, -0.05) is 6.07 Å². The molecule has 110 valence electrons. The number of oxazole rings is 1. The number of aromatic nitrogens is 1. The third kappa shape index (κ3) is 2.69. The van der Waals surface area contributed by atoms with Crippen LogP contribution in [0, 0.1) is 13.8 Å². The second-order valence-corrected chi connectivity index (χ2v) is 4.89. The van der Waals surface area contributed by atoms with Gasteiger partial charge in [0.05, 0.1) is 23.5 Å². The third-order valence-electron chi connectivity index (χ3n) is 3.40. The maximum atomic E-state index is 12.3. The summed E-state index contributed by atoms with van der Waals surface area (Å²) in [6.07, 6.45) is 0. The van der Waals surface area contributed by atoms with E-state index in [0.717, 1.165) is 23.7 Å². The van der Waals surface area contributed by atoms with E-state index in [0.29, 0.717) is 23.8 Å². The van der Waals surface area contributed by atoms with Crippen LogP contribution >= 0.6 is 0 Å². The predicted molar refractivity (Wildman–Crippen MR) is 77.6 cm³/mol. The van der Waals surface area contributed by atoms with Crippen molar-refractivity contribution in [3.8, 4) is 5.75 Å². The highest BCUT2D eigenvalue weighted by Crippen LogP contribution is 2.31. The molecule has 3 rings (SSSR count). The lowest BCUT2D eigenvalue weighted by Gasteiger charge is -2.21. The molecule has 1 aromatic heterocycles. The molecule has 0 aliphatic carbocycles. The zero-order valence-corrected chi connectivity index (χ0v) is 12.0. The molecule has 6 nitrogen and oxygen atoms in total. The summed E-state index contributed by atoms with van der Waals surface area (Å²) >= 11 is 0. The highest BCUT2D eigenvalue weighted by atomic mass is 16.5. The normalized spacial score (nSPS) is 13.0. The number of rotatable bonds is 3.